The van der Waals surface area contributed by atoms with E-state index in [0.29, 0.717) is 0 Å². The van der Waals surface area contributed by atoms with Crippen LogP contribution >= 0.6 is 0 Å². The maximum atomic E-state index is 11.0. The Morgan fingerprint density at radius 3 is 2.69 bits per heavy atom. The average Bonchev–Trinajstić information content (AvgIpc) is 2.70. The lowest BCUT2D eigenvalue weighted by atomic mass is 10.2. The Morgan fingerprint density at radius 1 is 1.56 bits per heavy atom. The van der Waals surface area contributed by atoms with Crippen molar-refractivity contribution in [1.82, 2.24) is 10.2 Å². The van der Waals surface area contributed by atoms with Crippen LogP contribution in [0.25, 0.3) is 0 Å². The van der Waals surface area contributed by atoms with E-state index in [0.717, 1.165) is 5.76 Å². The zero-order valence-electron chi connectivity index (χ0n) is 9.27. The van der Waals surface area contributed by atoms with Crippen LogP contribution < -0.4 is 11.1 Å². The summed E-state index contributed by atoms with van der Waals surface area (Å²) in [5, 5.41) is 2.44. The predicted octanol–water partition coefficient (Wildman–Crippen LogP) is -0.516. The number of rotatable bonds is 4. The van der Waals surface area contributed by atoms with Crippen LogP contribution in [-0.2, 0) is 9.59 Å². The van der Waals surface area contributed by atoms with Gasteiger partial charge in [-0.05, 0) is 26.2 Å². The third-order valence-corrected chi connectivity index (χ3v) is 2.17. The van der Waals surface area contributed by atoms with E-state index in [-0.39, 0.29) is 12.6 Å². The van der Waals surface area contributed by atoms with E-state index in [4.69, 9.17) is 10.2 Å². The third-order valence-electron chi connectivity index (χ3n) is 2.17. The average molecular weight is 225 g/mol. The molecule has 6 nitrogen and oxygen atoms in total. The van der Waals surface area contributed by atoms with Gasteiger partial charge >= 0.3 is 11.8 Å². The molecule has 88 valence electrons. The molecule has 0 fully saturated rings. The normalized spacial score (nSPS) is 12.4. The highest BCUT2D eigenvalue weighted by Crippen LogP contribution is 2.17. The molecule has 0 aromatic carbocycles. The standard InChI is InChI=1S/C10H15N3O3/c1-13(2)7(8-4-3-5-16-8)6-12-10(15)9(11)14/h3-5,7H,6H2,1-2H3,(H2,11,14)(H,12,15). The van der Waals surface area contributed by atoms with E-state index in [2.05, 4.69) is 5.32 Å². The minimum Gasteiger partial charge on any atom is -0.468 e. The van der Waals surface area contributed by atoms with Crippen LogP contribution in [0.3, 0.4) is 0 Å². The van der Waals surface area contributed by atoms with Crippen molar-refractivity contribution in [1.29, 1.82) is 0 Å². The van der Waals surface area contributed by atoms with E-state index in [9.17, 15) is 9.59 Å². The van der Waals surface area contributed by atoms with Gasteiger partial charge in [0, 0.05) is 6.54 Å². The van der Waals surface area contributed by atoms with E-state index < -0.39 is 11.8 Å². The smallest absolute Gasteiger partial charge is 0.309 e. The maximum absolute atomic E-state index is 11.0. The quantitative estimate of drug-likeness (QED) is 0.675. The molecule has 0 aliphatic heterocycles. The Kier molecular flexibility index (Phi) is 4.07. The van der Waals surface area contributed by atoms with Crippen LogP contribution in [0.4, 0.5) is 0 Å². The molecule has 3 N–H and O–H groups in total. The topological polar surface area (TPSA) is 88.6 Å². The van der Waals surface area contributed by atoms with Gasteiger partial charge < -0.3 is 15.5 Å². The van der Waals surface area contributed by atoms with E-state index >= 15 is 0 Å². The number of likely N-dealkylation sites (N-methyl/N-ethyl adjacent to an activating group) is 1. The predicted molar refractivity (Wildman–Crippen MR) is 57.3 cm³/mol. The first-order valence-corrected chi connectivity index (χ1v) is 4.80. The number of hydrogen-bond acceptors (Lipinski definition) is 4. The molecular formula is C10H15N3O3. The summed E-state index contributed by atoms with van der Waals surface area (Å²) in [6.45, 7) is 0.266. The van der Waals surface area contributed by atoms with Crippen molar-refractivity contribution in [3.8, 4) is 0 Å². The number of hydrogen-bond donors (Lipinski definition) is 2. The fourth-order valence-corrected chi connectivity index (χ4v) is 1.30. The SMILES string of the molecule is CN(C)C(CNC(=O)C(N)=O)c1ccco1. The second-order valence-electron chi connectivity index (χ2n) is 3.57. The van der Waals surface area contributed by atoms with Gasteiger partial charge in [0.05, 0.1) is 12.3 Å². The summed E-state index contributed by atoms with van der Waals surface area (Å²) in [6, 6.07) is 3.45. The molecule has 1 rings (SSSR count). The summed E-state index contributed by atoms with van der Waals surface area (Å²) in [6.07, 6.45) is 1.56. The van der Waals surface area contributed by atoms with Crippen molar-refractivity contribution in [2.24, 2.45) is 5.73 Å². The maximum Gasteiger partial charge on any atom is 0.309 e. The molecule has 0 spiro atoms. The minimum atomic E-state index is -0.989. The molecule has 0 radical (unpaired) electrons. The van der Waals surface area contributed by atoms with Crippen molar-refractivity contribution < 1.29 is 14.0 Å². The molecule has 0 bridgehead atoms. The second kappa shape index (κ2) is 5.32. The number of carbonyl (C=O) groups is 2. The van der Waals surface area contributed by atoms with Gasteiger partial charge in [0.2, 0.25) is 0 Å². The van der Waals surface area contributed by atoms with Crippen LogP contribution in [0.5, 0.6) is 0 Å². The number of primary amides is 1. The van der Waals surface area contributed by atoms with Gasteiger partial charge in [0.1, 0.15) is 5.76 Å². The molecule has 1 atom stereocenters. The van der Waals surface area contributed by atoms with E-state index in [1.165, 1.54) is 0 Å². The van der Waals surface area contributed by atoms with Crippen molar-refractivity contribution >= 4 is 11.8 Å². The lowest BCUT2D eigenvalue weighted by Gasteiger charge is -2.22. The molecule has 0 saturated carbocycles. The Balaban J connectivity index is 2.60. The molecule has 0 aliphatic carbocycles. The molecule has 1 unspecified atom stereocenters. The number of amides is 2. The largest absolute Gasteiger partial charge is 0.468 e. The Bertz CT molecular complexity index is 359. The first-order valence-electron chi connectivity index (χ1n) is 4.80. The summed E-state index contributed by atoms with van der Waals surface area (Å²) >= 11 is 0. The zero-order chi connectivity index (χ0) is 12.1. The van der Waals surface area contributed by atoms with Gasteiger partial charge in [-0.15, -0.1) is 0 Å². The summed E-state index contributed by atoms with van der Waals surface area (Å²) in [5.74, 6) is -1.06. The minimum absolute atomic E-state index is 0.127. The van der Waals surface area contributed by atoms with Crippen molar-refractivity contribution in [2.75, 3.05) is 20.6 Å². The monoisotopic (exact) mass is 225 g/mol. The lowest BCUT2D eigenvalue weighted by molar-refractivity contribution is -0.137. The highest BCUT2D eigenvalue weighted by molar-refractivity contribution is 6.34. The number of carbonyl (C=O) groups excluding carboxylic acids is 2. The summed E-state index contributed by atoms with van der Waals surface area (Å²) in [4.78, 5) is 23.4. The van der Waals surface area contributed by atoms with Crippen LogP contribution in [0, 0.1) is 0 Å². The van der Waals surface area contributed by atoms with Gasteiger partial charge in [-0.3, -0.25) is 14.5 Å². The first-order chi connectivity index (χ1) is 7.52. The molecule has 2 amide bonds. The van der Waals surface area contributed by atoms with Crippen molar-refractivity contribution in [2.45, 2.75) is 6.04 Å². The lowest BCUT2D eigenvalue weighted by Crippen LogP contribution is -2.40. The summed E-state index contributed by atoms with van der Waals surface area (Å²) < 4.78 is 5.24. The molecule has 0 aliphatic rings. The molecule has 6 heteroatoms. The molecule has 1 heterocycles. The van der Waals surface area contributed by atoms with Crippen LogP contribution in [0.2, 0.25) is 0 Å². The highest BCUT2D eigenvalue weighted by Gasteiger charge is 2.18. The molecule has 0 saturated heterocycles. The van der Waals surface area contributed by atoms with E-state index in [1.807, 2.05) is 19.0 Å². The number of furan rings is 1. The highest BCUT2D eigenvalue weighted by atomic mass is 16.3. The van der Waals surface area contributed by atoms with Gasteiger partial charge in [0.15, 0.2) is 0 Å². The Hall–Kier alpha value is -1.82. The molecule has 1 aromatic heterocycles. The number of nitrogens with two attached hydrogens (primary N) is 1. The van der Waals surface area contributed by atoms with Crippen LogP contribution in [0.15, 0.2) is 22.8 Å². The van der Waals surface area contributed by atoms with Gasteiger partial charge in [-0.25, -0.2) is 0 Å². The summed E-state index contributed by atoms with van der Waals surface area (Å²) in [5.41, 5.74) is 4.83. The Morgan fingerprint density at radius 2 is 2.25 bits per heavy atom. The summed E-state index contributed by atoms with van der Waals surface area (Å²) in [7, 11) is 3.70. The van der Waals surface area contributed by atoms with Crippen molar-refractivity contribution in [3.63, 3.8) is 0 Å². The van der Waals surface area contributed by atoms with Crippen LogP contribution in [0.1, 0.15) is 11.8 Å². The first kappa shape index (κ1) is 12.3. The van der Waals surface area contributed by atoms with Gasteiger partial charge in [0.25, 0.3) is 0 Å². The zero-order valence-corrected chi connectivity index (χ0v) is 9.27. The van der Waals surface area contributed by atoms with E-state index in [1.54, 1.807) is 18.4 Å². The van der Waals surface area contributed by atoms with Crippen molar-refractivity contribution in [3.05, 3.63) is 24.2 Å². The molecular weight excluding hydrogens is 210 g/mol. The van der Waals surface area contributed by atoms with Crippen LogP contribution in [-0.4, -0.2) is 37.4 Å². The second-order valence-corrected chi connectivity index (χ2v) is 3.57. The fourth-order valence-electron chi connectivity index (χ4n) is 1.30. The van der Waals surface area contributed by atoms with Gasteiger partial charge in [-0.2, -0.15) is 0 Å². The van der Waals surface area contributed by atoms with Gasteiger partial charge in [-0.1, -0.05) is 0 Å². The Labute approximate surface area is 93.4 Å². The number of nitrogens with one attached hydrogen (secondary N) is 1. The number of nitrogens with zero attached hydrogens (tertiary/aromatic N) is 1. The molecule has 16 heavy (non-hydrogen) atoms. The molecule has 1 aromatic rings. The fraction of sp³-hybridized carbons (Fsp3) is 0.400. The third kappa shape index (κ3) is 3.09.